The van der Waals surface area contributed by atoms with Gasteiger partial charge in [-0.3, -0.25) is 9.59 Å². The number of benzene rings is 2. The number of nitrogens with zero attached hydrogens (tertiary/aromatic N) is 3. The summed E-state index contributed by atoms with van der Waals surface area (Å²) in [5.74, 6) is 0.695. The Labute approximate surface area is 181 Å². The minimum absolute atomic E-state index is 0.0464. The average Bonchev–Trinajstić information content (AvgIpc) is 3.38. The Bertz CT molecular complexity index is 1090. The minimum Gasteiger partial charge on any atom is -0.496 e. The van der Waals surface area contributed by atoms with Crippen LogP contribution in [0.3, 0.4) is 0 Å². The molecule has 1 saturated heterocycles. The predicted molar refractivity (Wildman–Crippen MR) is 118 cm³/mol. The van der Waals surface area contributed by atoms with Gasteiger partial charge in [-0.15, -0.1) is 0 Å². The standard InChI is InChI=1S/C24H26N4O3/c1-16-8-10-18(11-9-16)28-15-17(14-21(28)29)24(30)26-22(23-25-12-13-27(23)2)19-6-4-5-7-20(19)31-3/h4-13,17,22H,14-15H2,1-3H3,(H,26,30). The van der Waals surface area contributed by atoms with E-state index in [0.717, 1.165) is 16.8 Å². The van der Waals surface area contributed by atoms with Gasteiger partial charge in [-0.2, -0.15) is 0 Å². The Morgan fingerprint density at radius 2 is 1.94 bits per heavy atom. The number of para-hydroxylation sites is 1. The van der Waals surface area contributed by atoms with Gasteiger partial charge < -0.3 is 19.5 Å². The van der Waals surface area contributed by atoms with Gasteiger partial charge >= 0.3 is 0 Å². The normalized spacial score (nSPS) is 16.9. The number of hydrogen-bond acceptors (Lipinski definition) is 4. The number of carbonyl (C=O) groups excluding carboxylic acids is 2. The van der Waals surface area contributed by atoms with Gasteiger partial charge in [-0.25, -0.2) is 4.98 Å². The molecule has 0 saturated carbocycles. The molecular formula is C24H26N4O3. The lowest BCUT2D eigenvalue weighted by Crippen LogP contribution is -2.37. The maximum Gasteiger partial charge on any atom is 0.227 e. The second kappa shape index (κ2) is 8.63. The fourth-order valence-electron chi connectivity index (χ4n) is 3.96. The van der Waals surface area contributed by atoms with Gasteiger partial charge in [0.15, 0.2) is 0 Å². The average molecular weight is 418 g/mol. The van der Waals surface area contributed by atoms with Crippen molar-refractivity contribution in [1.82, 2.24) is 14.9 Å². The third kappa shape index (κ3) is 4.17. The molecule has 3 aromatic rings. The van der Waals surface area contributed by atoms with Gasteiger partial charge in [-0.05, 0) is 25.1 Å². The number of amides is 2. The molecule has 2 aromatic carbocycles. The molecular weight excluding hydrogens is 392 g/mol. The van der Waals surface area contributed by atoms with Crippen molar-refractivity contribution in [3.63, 3.8) is 0 Å². The Morgan fingerprint density at radius 1 is 1.19 bits per heavy atom. The first kappa shape index (κ1) is 20.7. The summed E-state index contributed by atoms with van der Waals surface area (Å²) in [5, 5.41) is 3.11. The molecule has 0 radical (unpaired) electrons. The smallest absolute Gasteiger partial charge is 0.227 e. The van der Waals surface area contributed by atoms with E-state index in [-0.39, 0.29) is 18.2 Å². The molecule has 2 unspecified atom stereocenters. The highest BCUT2D eigenvalue weighted by atomic mass is 16.5. The highest BCUT2D eigenvalue weighted by Crippen LogP contribution is 2.31. The summed E-state index contributed by atoms with van der Waals surface area (Å²) in [7, 11) is 3.49. The zero-order chi connectivity index (χ0) is 22.0. The van der Waals surface area contributed by atoms with Crippen LogP contribution < -0.4 is 15.0 Å². The van der Waals surface area contributed by atoms with Crippen molar-refractivity contribution in [1.29, 1.82) is 0 Å². The topological polar surface area (TPSA) is 76.5 Å². The SMILES string of the molecule is COc1ccccc1C(NC(=O)C1CC(=O)N(c2ccc(C)cc2)C1)c1nccn1C. The summed E-state index contributed by atoms with van der Waals surface area (Å²) in [5.41, 5.74) is 2.75. The van der Waals surface area contributed by atoms with Crippen LogP contribution >= 0.6 is 0 Å². The molecule has 4 rings (SSSR count). The molecule has 160 valence electrons. The second-order valence-corrected chi connectivity index (χ2v) is 7.82. The molecule has 2 amide bonds. The van der Waals surface area contributed by atoms with Gasteiger partial charge in [0.1, 0.15) is 17.6 Å². The molecule has 7 nitrogen and oxygen atoms in total. The fraction of sp³-hybridized carbons (Fsp3) is 0.292. The first-order valence-electron chi connectivity index (χ1n) is 10.3. The lowest BCUT2D eigenvalue weighted by atomic mass is 10.0. The van der Waals surface area contributed by atoms with E-state index in [2.05, 4.69) is 10.3 Å². The summed E-state index contributed by atoms with van der Waals surface area (Å²) in [6.45, 7) is 2.36. The number of aryl methyl sites for hydroxylation is 2. The van der Waals surface area contributed by atoms with E-state index in [0.29, 0.717) is 18.1 Å². The number of anilines is 1. The van der Waals surface area contributed by atoms with Crippen LogP contribution in [0, 0.1) is 12.8 Å². The first-order chi connectivity index (χ1) is 15.0. The Kier molecular flexibility index (Phi) is 5.75. The Hall–Kier alpha value is -3.61. The van der Waals surface area contributed by atoms with Crippen molar-refractivity contribution in [2.45, 2.75) is 19.4 Å². The third-order valence-corrected chi connectivity index (χ3v) is 5.69. The molecule has 31 heavy (non-hydrogen) atoms. The van der Waals surface area contributed by atoms with Crippen LogP contribution in [0.5, 0.6) is 5.75 Å². The summed E-state index contributed by atoms with van der Waals surface area (Å²) < 4.78 is 7.39. The van der Waals surface area contributed by atoms with Gasteiger partial charge in [0.2, 0.25) is 11.8 Å². The number of imidazole rings is 1. The number of nitrogens with one attached hydrogen (secondary N) is 1. The molecule has 1 aliphatic rings. The number of methoxy groups -OCH3 is 1. The van der Waals surface area contributed by atoms with Gasteiger partial charge in [0, 0.05) is 43.7 Å². The molecule has 1 fully saturated rings. The highest BCUT2D eigenvalue weighted by Gasteiger charge is 2.37. The van der Waals surface area contributed by atoms with Crippen LogP contribution in [0.4, 0.5) is 5.69 Å². The van der Waals surface area contributed by atoms with E-state index in [9.17, 15) is 9.59 Å². The van der Waals surface area contributed by atoms with E-state index in [1.165, 1.54) is 0 Å². The Balaban J connectivity index is 1.58. The first-order valence-corrected chi connectivity index (χ1v) is 10.3. The van der Waals surface area contributed by atoms with Crippen LogP contribution in [-0.4, -0.2) is 35.0 Å². The lowest BCUT2D eigenvalue weighted by molar-refractivity contribution is -0.126. The summed E-state index contributed by atoms with van der Waals surface area (Å²) in [6.07, 6.45) is 3.71. The molecule has 1 N–H and O–H groups in total. The maximum absolute atomic E-state index is 13.2. The van der Waals surface area contributed by atoms with E-state index in [1.54, 1.807) is 18.2 Å². The van der Waals surface area contributed by atoms with Crippen molar-refractivity contribution in [3.05, 3.63) is 77.9 Å². The highest BCUT2D eigenvalue weighted by molar-refractivity contribution is 6.00. The largest absolute Gasteiger partial charge is 0.496 e. The molecule has 2 atom stereocenters. The second-order valence-electron chi connectivity index (χ2n) is 7.82. The van der Waals surface area contributed by atoms with Gasteiger partial charge in [-0.1, -0.05) is 35.9 Å². The van der Waals surface area contributed by atoms with Crippen LogP contribution in [-0.2, 0) is 16.6 Å². The lowest BCUT2D eigenvalue weighted by Gasteiger charge is -2.23. The number of rotatable bonds is 6. The molecule has 2 heterocycles. The maximum atomic E-state index is 13.2. The number of carbonyl (C=O) groups is 2. The van der Waals surface area contributed by atoms with Gasteiger partial charge in [0.25, 0.3) is 0 Å². The predicted octanol–water partition coefficient (Wildman–Crippen LogP) is 3.00. The van der Waals surface area contributed by atoms with Crippen LogP contribution in [0.25, 0.3) is 0 Å². The van der Waals surface area contributed by atoms with E-state index in [4.69, 9.17) is 4.74 Å². The number of hydrogen-bond donors (Lipinski definition) is 1. The fourth-order valence-corrected chi connectivity index (χ4v) is 3.96. The van der Waals surface area contributed by atoms with Crippen LogP contribution in [0.1, 0.15) is 29.4 Å². The van der Waals surface area contributed by atoms with Crippen molar-refractivity contribution in [2.75, 3.05) is 18.6 Å². The van der Waals surface area contributed by atoms with Crippen LogP contribution in [0.15, 0.2) is 60.9 Å². The molecule has 1 aliphatic heterocycles. The molecule has 1 aromatic heterocycles. The zero-order valence-electron chi connectivity index (χ0n) is 17.9. The van der Waals surface area contributed by atoms with E-state index < -0.39 is 12.0 Å². The Morgan fingerprint density at radius 3 is 2.61 bits per heavy atom. The number of aromatic nitrogens is 2. The molecule has 0 bridgehead atoms. The third-order valence-electron chi connectivity index (χ3n) is 5.69. The van der Waals surface area contributed by atoms with Crippen LogP contribution in [0.2, 0.25) is 0 Å². The van der Waals surface area contributed by atoms with Crippen molar-refractivity contribution < 1.29 is 14.3 Å². The van der Waals surface area contributed by atoms with Gasteiger partial charge in [0.05, 0.1) is 13.0 Å². The molecule has 7 heteroatoms. The quantitative estimate of drug-likeness (QED) is 0.668. The van der Waals surface area contributed by atoms with Crippen molar-refractivity contribution in [2.24, 2.45) is 13.0 Å². The molecule has 0 aliphatic carbocycles. The number of ether oxygens (including phenoxy) is 1. The summed E-state index contributed by atoms with van der Waals surface area (Å²) in [6, 6.07) is 14.8. The monoisotopic (exact) mass is 418 g/mol. The van der Waals surface area contributed by atoms with E-state index in [1.807, 2.05) is 73.3 Å². The molecule has 0 spiro atoms. The summed E-state index contributed by atoms with van der Waals surface area (Å²) in [4.78, 5) is 32.0. The zero-order valence-corrected chi connectivity index (χ0v) is 17.9. The van der Waals surface area contributed by atoms with Crippen molar-refractivity contribution >= 4 is 17.5 Å². The minimum atomic E-state index is -0.493. The summed E-state index contributed by atoms with van der Waals surface area (Å²) >= 11 is 0. The van der Waals surface area contributed by atoms with E-state index >= 15 is 0 Å². The van der Waals surface area contributed by atoms with Crippen molar-refractivity contribution in [3.8, 4) is 5.75 Å².